The Morgan fingerprint density at radius 1 is 1.15 bits per heavy atom. The monoisotopic (exact) mass is 281 g/mol. The van der Waals surface area contributed by atoms with E-state index in [1.165, 1.54) is 20.5 Å². The molecule has 0 amide bonds. The topological polar surface area (TPSA) is 9.23 Å². The SMILES string of the molecule is Cc1c(OC(C)C)[c]ccc1-c1cc2ccccc2s1. The molecular weight excluding hydrogens is 264 g/mol. The van der Waals surface area contributed by atoms with E-state index in [4.69, 9.17) is 4.74 Å². The van der Waals surface area contributed by atoms with Crippen molar-refractivity contribution in [1.29, 1.82) is 0 Å². The van der Waals surface area contributed by atoms with E-state index in [-0.39, 0.29) is 6.10 Å². The van der Waals surface area contributed by atoms with E-state index in [0.29, 0.717) is 0 Å². The maximum Gasteiger partial charge on any atom is 0.131 e. The molecule has 0 saturated heterocycles. The predicted molar refractivity (Wildman–Crippen MR) is 86.6 cm³/mol. The highest BCUT2D eigenvalue weighted by Gasteiger charge is 2.11. The fourth-order valence-electron chi connectivity index (χ4n) is 2.30. The maximum atomic E-state index is 5.83. The molecule has 20 heavy (non-hydrogen) atoms. The summed E-state index contributed by atoms with van der Waals surface area (Å²) in [6.45, 7) is 6.19. The summed E-state index contributed by atoms with van der Waals surface area (Å²) in [5, 5.41) is 1.30. The van der Waals surface area contributed by atoms with Gasteiger partial charge in [-0.05, 0) is 49.9 Å². The van der Waals surface area contributed by atoms with Crippen molar-refractivity contribution in [2.45, 2.75) is 26.9 Å². The number of benzene rings is 2. The molecule has 0 fully saturated rings. The molecule has 0 N–H and O–H groups in total. The number of hydrogen-bond acceptors (Lipinski definition) is 2. The van der Waals surface area contributed by atoms with Gasteiger partial charge >= 0.3 is 0 Å². The second-order valence-corrected chi connectivity index (χ2v) is 6.24. The molecule has 0 bridgehead atoms. The molecule has 3 rings (SSSR count). The highest BCUT2D eigenvalue weighted by atomic mass is 32.1. The Labute approximate surface area is 123 Å². The van der Waals surface area contributed by atoms with Crippen LogP contribution in [0.4, 0.5) is 0 Å². The molecule has 0 spiro atoms. The third-order valence-corrected chi connectivity index (χ3v) is 4.40. The maximum absolute atomic E-state index is 5.83. The molecule has 2 heteroatoms. The highest BCUT2D eigenvalue weighted by molar-refractivity contribution is 7.22. The van der Waals surface area contributed by atoms with E-state index in [2.05, 4.69) is 49.4 Å². The summed E-state index contributed by atoms with van der Waals surface area (Å²) in [7, 11) is 0. The van der Waals surface area contributed by atoms with Gasteiger partial charge in [0.2, 0.25) is 0 Å². The van der Waals surface area contributed by atoms with Gasteiger partial charge in [-0.25, -0.2) is 0 Å². The van der Waals surface area contributed by atoms with Crippen LogP contribution in [0, 0.1) is 13.0 Å². The van der Waals surface area contributed by atoms with E-state index in [0.717, 1.165) is 11.3 Å². The first-order valence-electron chi connectivity index (χ1n) is 6.82. The molecule has 1 radical (unpaired) electrons. The zero-order valence-corrected chi connectivity index (χ0v) is 12.8. The lowest BCUT2D eigenvalue weighted by atomic mass is 10.1. The predicted octanol–water partition coefficient (Wildman–Crippen LogP) is 5.46. The molecule has 0 saturated carbocycles. The Morgan fingerprint density at radius 3 is 2.70 bits per heavy atom. The van der Waals surface area contributed by atoms with E-state index < -0.39 is 0 Å². The van der Waals surface area contributed by atoms with Gasteiger partial charge < -0.3 is 4.74 Å². The molecule has 0 aliphatic carbocycles. The first kappa shape index (κ1) is 13.2. The number of ether oxygens (including phenoxy) is 1. The van der Waals surface area contributed by atoms with Crippen molar-refractivity contribution in [2.24, 2.45) is 0 Å². The minimum atomic E-state index is 0.169. The van der Waals surface area contributed by atoms with Crippen molar-refractivity contribution in [3.05, 3.63) is 54.1 Å². The Morgan fingerprint density at radius 2 is 1.95 bits per heavy atom. The van der Waals surface area contributed by atoms with Crippen LogP contribution >= 0.6 is 11.3 Å². The van der Waals surface area contributed by atoms with Crippen LogP contribution in [-0.4, -0.2) is 6.10 Å². The van der Waals surface area contributed by atoms with Gasteiger partial charge in [-0.3, -0.25) is 0 Å². The minimum absolute atomic E-state index is 0.169. The highest BCUT2D eigenvalue weighted by Crippen LogP contribution is 2.37. The molecule has 101 valence electrons. The summed E-state index contributed by atoms with van der Waals surface area (Å²) >= 11 is 1.82. The summed E-state index contributed by atoms with van der Waals surface area (Å²) in [5.41, 5.74) is 2.40. The smallest absolute Gasteiger partial charge is 0.131 e. The number of rotatable bonds is 3. The van der Waals surface area contributed by atoms with E-state index in [1.807, 2.05) is 31.3 Å². The zero-order chi connectivity index (χ0) is 14.1. The van der Waals surface area contributed by atoms with Gasteiger partial charge in [0.25, 0.3) is 0 Å². The largest absolute Gasteiger partial charge is 0.490 e. The first-order valence-corrected chi connectivity index (χ1v) is 7.63. The zero-order valence-electron chi connectivity index (χ0n) is 11.9. The van der Waals surface area contributed by atoms with Crippen LogP contribution in [0.2, 0.25) is 0 Å². The lowest BCUT2D eigenvalue weighted by molar-refractivity contribution is 0.240. The average molecular weight is 281 g/mol. The second kappa shape index (κ2) is 5.29. The van der Waals surface area contributed by atoms with Gasteiger partial charge in [-0.2, -0.15) is 0 Å². The van der Waals surface area contributed by atoms with E-state index >= 15 is 0 Å². The number of thiophene rings is 1. The van der Waals surface area contributed by atoms with Crippen molar-refractivity contribution in [1.82, 2.24) is 0 Å². The van der Waals surface area contributed by atoms with E-state index in [9.17, 15) is 0 Å². The summed E-state index contributed by atoms with van der Waals surface area (Å²) in [5.74, 6) is 0.856. The molecule has 0 aliphatic rings. The quantitative estimate of drug-likeness (QED) is 0.619. The van der Waals surface area contributed by atoms with Crippen molar-refractivity contribution >= 4 is 21.4 Å². The van der Waals surface area contributed by atoms with Gasteiger partial charge in [-0.15, -0.1) is 11.3 Å². The molecule has 0 unspecified atom stereocenters. The molecule has 1 heterocycles. The number of fused-ring (bicyclic) bond motifs is 1. The lowest BCUT2D eigenvalue weighted by Gasteiger charge is -2.14. The van der Waals surface area contributed by atoms with Gasteiger partial charge in [0.05, 0.1) is 6.10 Å². The van der Waals surface area contributed by atoms with Crippen LogP contribution in [0.1, 0.15) is 19.4 Å². The fourth-order valence-corrected chi connectivity index (χ4v) is 3.44. The van der Waals surface area contributed by atoms with Gasteiger partial charge in [-0.1, -0.05) is 24.3 Å². The average Bonchev–Trinajstić information content (AvgIpc) is 2.84. The summed E-state index contributed by atoms with van der Waals surface area (Å²) in [4.78, 5) is 1.28. The standard InChI is InChI=1S/C18H17OS/c1-12(2)19-16-9-6-8-15(13(16)3)18-11-14-7-4-5-10-17(14)20-18/h4-8,10-12H,1-3H3. The molecule has 1 nitrogen and oxygen atoms in total. The fraction of sp³-hybridized carbons (Fsp3) is 0.222. The molecule has 0 aliphatic heterocycles. The third kappa shape index (κ3) is 2.44. The first-order chi connectivity index (χ1) is 9.65. The van der Waals surface area contributed by atoms with Crippen LogP contribution in [0.5, 0.6) is 5.75 Å². The van der Waals surface area contributed by atoms with Crippen LogP contribution in [0.25, 0.3) is 20.5 Å². The van der Waals surface area contributed by atoms with Gasteiger partial charge in [0, 0.05) is 21.2 Å². The van der Waals surface area contributed by atoms with Crippen molar-refractivity contribution < 1.29 is 4.74 Å². The molecule has 0 atom stereocenters. The van der Waals surface area contributed by atoms with Crippen LogP contribution in [0.15, 0.2) is 42.5 Å². The molecule has 1 aromatic heterocycles. The summed E-state index contributed by atoms with van der Waals surface area (Å²) < 4.78 is 7.15. The van der Waals surface area contributed by atoms with Crippen LogP contribution < -0.4 is 4.74 Å². The van der Waals surface area contributed by atoms with Crippen molar-refractivity contribution in [2.75, 3.05) is 0 Å². The summed E-state index contributed by atoms with van der Waals surface area (Å²) in [6, 6.07) is 18.0. The Balaban J connectivity index is 2.09. The van der Waals surface area contributed by atoms with Gasteiger partial charge in [0.15, 0.2) is 0 Å². The van der Waals surface area contributed by atoms with Crippen LogP contribution in [-0.2, 0) is 0 Å². The summed E-state index contributed by atoms with van der Waals surface area (Å²) in [6.07, 6.45) is 0.169. The lowest BCUT2D eigenvalue weighted by Crippen LogP contribution is -2.06. The number of hydrogen-bond donors (Lipinski definition) is 0. The van der Waals surface area contributed by atoms with Crippen LogP contribution in [0.3, 0.4) is 0 Å². The Hall–Kier alpha value is -1.80. The molecular formula is C18H17OS. The van der Waals surface area contributed by atoms with Crippen molar-refractivity contribution in [3.8, 4) is 16.2 Å². The minimum Gasteiger partial charge on any atom is -0.490 e. The van der Waals surface area contributed by atoms with Gasteiger partial charge in [0.1, 0.15) is 5.75 Å². The van der Waals surface area contributed by atoms with E-state index in [1.54, 1.807) is 0 Å². The Kier molecular flexibility index (Phi) is 3.49. The second-order valence-electron chi connectivity index (χ2n) is 5.16. The van der Waals surface area contributed by atoms with Crippen molar-refractivity contribution in [3.63, 3.8) is 0 Å². The normalized spacial score (nSPS) is 11.2. The third-order valence-electron chi connectivity index (χ3n) is 3.25. The molecule has 2 aromatic carbocycles. The Bertz CT molecular complexity index is 707. The molecule has 3 aromatic rings.